The van der Waals surface area contributed by atoms with Gasteiger partial charge in [-0.2, -0.15) is 0 Å². The molecule has 4 heteroatoms. The molecule has 1 saturated heterocycles. The van der Waals surface area contributed by atoms with Crippen LogP contribution in [0.15, 0.2) is 36.4 Å². The lowest BCUT2D eigenvalue weighted by Crippen LogP contribution is -2.37. The van der Waals surface area contributed by atoms with Crippen molar-refractivity contribution in [3.63, 3.8) is 0 Å². The van der Waals surface area contributed by atoms with Crippen molar-refractivity contribution < 1.29 is 4.79 Å². The van der Waals surface area contributed by atoms with Crippen LogP contribution in [0.3, 0.4) is 0 Å². The Morgan fingerprint density at radius 2 is 1.72 bits per heavy atom. The predicted molar refractivity (Wildman–Crippen MR) is 120 cm³/mol. The third kappa shape index (κ3) is 4.48. The summed E-state index contributed by atoms with van der Waals surface area (Å²) in [5, 5.41) is 3.23. The number of hydrogen-bond acceptors (Lipinski definition) is 3. The Balaban J connectivity index is 1.54. The fourth-order valence-corrected chi connectivity index (χ4v) is 4.92. The molecule has 1 amide bonds. The smallest absolute Gasteiger partial charge is 0.251 e. The number of hydrogen-bond donors (Lipinski definition) is 1. The fraction of sp³-hybridized carbons (Fsp3) is 0.480. The van der Waals surface area contributed by atoms with Crippen molar-refractivity contribution in [1.82, 2.24) is 10.2 Å². The Morgan fingerprint density at radius 1 is 1.00 bits per heavy atom. The summed E-state index contributed by atoms with van der Waals surface area (Å²) in [5.41, 5.74) is 7.16. The van der Waals surface area contributed by atoms with Gasteiger partial charge in [-0.25, -0.2) is 0 Å². The SMILES string of the molecule is Cc1cc(C)cc(C(=O)NC[C@@H](c2ccc3c(c2)CCCN3C)N2CCCC2)c1. The van der Waals surface area contributed by atoms with Gasteiger partial charge in [-0.15, -0.1) is 0 Å². The van der Waals surface area contributed by atoms with E-state index in [1.807, 2.05) is 26.0 Å². The molecular weight excluding hydrogens is 358 g/mol. The number of rotatable bonds is 5. The highest BCUT2D eigenvalue weighted by Crippen LogP contribution is 2.31. The predicted octanol–water partition coefficient (Wildman–Crippen LogP) is 4.25. The summed E-state index contributed by atoms with van der Waals surface area (Å²) >= 11 is 0. The quantitative estimate of drug-likeness (QED) is 0.827. The minimum Gasteiger partial charge on any atom is -0.374 e. The minimum atomic E-state index is 0.0266. The summed E-state index contributed by atoms with van der Waals surface area (Å²) in [6, 6.07) is 13.2. The van der Waals surface area contributed by atoms with Crippen molar-refractivity contribution in [2.75, 3.05) is 38.1 Å². The number of fused-ring (bicyclic) bond motifs is 1. The molecule has 0 spiro atoms. The van der Waals surface area contributed by atoms with E-state index in [1.165, 1.54) is 36.1 Å². The lowest BCUT2D eigenvalue weighted by molar-refractivity contribution is 0.0937. The topological polar surface area (TPSA) is 35.6 Å². The number of nitrogens with one attached hydrogen (secondary N) is 1. The van der Waals surface area contributed by atoms with Crippen molar-refractivity contribution in [3.8, 4) is 0 Å². The maximum absolute atomic E-state index is 12.8. The molecule has 4 rings (SSSR count). The molecule has 1 N–H and O–H groups in total. The van der Waals surface area contributed by atoms with Gasteiger partial charge in [0.25, 0.3) is 5.91 Å². The first kappa shape index (κ1) is 20.0. The van der Waals surface area contributed by atoms with Gasteiger partial charge in [0.15, 0.2) is 0 Å². The maximum Gasteiger partial charge on any atom is 0.251 e. The molecule has 0 radical (unpaired) electrons. The van der Waals surface area contributed by atoms with Gasteiger partial charge >= 0.3 is 0 Å². The first-order valence-corrected chi connectivity index (χ1v) is 11.0. The Hall–Kier alpha value is -2.33. The number of likely N-dealkylation sites (tertiary alicyclic amines) is 1. The summed E-state index contributed by atoms with van der Waals surface area (Å²) in [5.74, 6) is 0.0266. The number of carbonyl (C=O) groups excluding carboxylic acids is 1. The van der Waals surface area contributed by atoms with Gasteiger partial charge in [0.2, 0.25) is 0 Å². The van der Waals surface area contributed by atoms with Crippen LogP contribution in [0, 0.1) is 13.8 Å². The highest BCUT2D eigenvalue weighted by Gasteiger charge is 2.25. The summed E-state index contributed by atoms with van der Waals surface area (Å²) in [7, 11) is 2.18. The molecule has 0 aliphatic carbocycles. The number of amides is 1. The summed E-state index contributed by atoms with van der Waals surface area (Å²) < 4.78 is 0. The van der Waals surface area contributed by atoms with E-state index in [1.54, 1.807) is 0 Å². The molecule has 2 aliphatic rings. The van der Waals surface area contributed by atoms with Gasteiger partial charge in [0.1, 0.15) is 0 Å². The van der Waals surface area contributed by atoms with E-state index in [4.69, 9.17) is 0 Å². The van der Waals surface area contributed by atoms with E-state index in [9.17, 15) is 4.79 Å². The lowest BCUT2D eigenvalue weighted by atomic mass is 9.96. The summed E-state index contributed by atoms with van der Waals surface area (Å²) in [6.07, 6.45) is 4.85. The fourth-order valence-electron chi connectivity index (χ4n) is 4.92. The molecule has 0 unspecified atom stereocenters. The van der Waals surface area contributed by atoms with E-state index < -0.39 is 0 Å². The van der Waals surface area contributed by atoms with E-state index in [0.717, 1.165) is 42.7 Å². The largest absolute Gasteiger partial charge is 0.374 e. The van der Waals surface area contributed by atoms with Crippen LogP contribution in [-0.2, 0) is 6.42 Å². The van der Waals surface area contributed by atoms with Gasteiger partial charge in [0, 0.05) is 31.4 Å². The Bertz CT molecular complexity index is 865. The standard InChI is InChI=1S/C25H33N3O/c1-18-13-19(2)15-22(14-18)25(29)26-17-24(28-11-4-5-12-28)21-8-9-23-20(16-21)7-6-10-27(23)3/h8-9,13-16,24H,4-7,10-12,17H2,1-3H3,(H,26,29)/t24-/m0/s1. The van der Waals surface area contributed by atoms with Crippen LogP contribution >= 0.6 is 0 Å². The number of carbonyl (C=O) groups is 1. The van der Waals surface area contributed by atoms with Gasteiger partial charge in [0.05, 0.1) is 6.04 Å². The van der Waals surface area contributed by atoms with E-state index in [2.05, 4.69) is 46.4 Å². The minimum absolute atomic E-state index is 0.0266. The third-order valence-corrected chi connectivity index (χ3v) is 6.36. The Labute approximate surface area is 174 Å². The molecule has 2 aromatic carbocycles. The van der Waals surface area contributed by atoms with Gasteiger partial charge in [-0.3, -0.25) is 9.69 Å². The summed E-state index contributed by atoms with van der Waals surface area (Å²) in [4.78, 5) is 17.7. The van der Waals surface area contributed by atoms with Crippen LogP contribution in [0.25, 0.3) is 0 Å². The average Bonchev–Trinajstić information content (AvgIpc) is 3.22. The van der Waals surface area contributed by atoms with Gasteiger partial charge in [-0.05, 0) is 81.9 Å². The average molecular weight is 392 g/mol. The lowest BCUT2D eigenvalue weighted by Gasteiger charge is -2.32. The molecule has 29 heavy (non-hydrogen) atoms. The molecule has 154 valence electrons. The Kier molecular flexibility index (Phi) is 5.91. The van der Waals surface area contributed by atoms with Crippen LogP contribution in [0.5, 0.6) is 0 Å². The highest BCUT2D eigenvalue weighted by molar-refractivity contribution is 5.94. The number of anilines is 1. The zero-order valence-electron chi connectivity index (χ0n) is 18.0. The van der Waals surface area contributed by atoms with Crippen molar-refractivity contribution >= 4 is 11.6 Å². The molecule has 0 aromatic heterocycles. The molecule has 1 fully saturated rings. The van der Waals surface area contributed by atoms with E-state index in [-0.39, 0.29) is 11.9 Å². The van der Waals surface area contributed by atoms with Crippen LogP contribution in [0.4, 0.5) is 5.69 Å². The second kappa shape index (κ2) is 8.58. The van der Waals surface area contributed by atoms with Crippen molar-refractivity contribution in [2.45, 2.75) is 45.6 Å². The molecular formula is C25H33N3O. The monoisotopic (exact) mass is 391 g/mol. The van der Waals surface area contributed by atoms with Crippen molar-refractivity contribution in [3.05, 3.63) is 64.2 Å². The molecule has 2 aromatic rings. The number of aryl methyl sites for hydroxylation is 3. The zero-order chi connectivity index (χ0) is 20.4. The van der Waals surface area contributed by atoms with Crippen LogP contribution in [0.2, 0.25) is 0 Å². The normalized spacial score (nSPS) is 17.8. The van der Waals surface area contributed by atoms with Crippen molar-refractivity contribution in [1.29, 1.82) is 0 Å². The number of benzene rings is 2. The van der Waals surface area contributed by atoms with E-state index >= 15 is 0 Å². The zero-order valence-corrected chi connectivity index (χ0v) is 18.0. The first-order valence-electron chi connectivity index (χ1n) is 11.0. The molecule has 4 nitrogen and oxygen atoms in total. The van der Waals surface area contributed by atoms with Crippen molar-refractivity contribution in [2.24, 2.45) is 0 Å². The second-order valence-electron chi connectivity index (χ2n) is 8.76. The summed E-state index contributed by atoms with van der Waals surface area (Å²) in [6.45, 7) is 8.10. The highest BCUT2D eigenvalue weighted by atomic mass is 16.1. The maximum atomic E-state index is 12.8. The van der Waals surface area contributed by atoms with E-state index in [0.29, 0.717) is 6.54 Å². The van der Waals surface area contributed by atoms with Gasteiger partial charge < -0.3 is 10.2 Å². The molecule has 2 aliphatic heterocycles. The van der Waals surface area contributed by atoms with Crippen LogP contribution < -0.4 is 10.2 Å². The molecule has 0 bridgehead atoms. The van der Waals surface area contributed by atoms with Crippen LogP contribution in [-0.4, -0.2) is 44.0 Å². The molecule has 0 saturated carbocycles. The third-order valence-electron chi connectivity index (χ3n) is 6.36. The second-order valence-corrected chi connectivity index (χ2v) is 8.76. The Morgan fingerprint density at radius 3 is 2.45 bits per heavy atom. The molecule has 1 atom stereocenters. The van der Waals surface area contributed by atoms with Gasteiger partial charge in [-0.1, -0.05) is 29.3 Å². The van der Waals surface area contributed by atoms with Crippen LogP contribution in [0.1, 0.15) is 57.9 Å². The number of nitrogens with zero attached hydrogens (tertiary/aromatic N) is 2. The molecule has 2 heterocycles. The first-order chi connectivity index (χ1) is 14.0.